The highest BCUT2D eigenvalue weighted by molar-refractivity contribution is 5.76. The molecule has 1 aliphatic carbocycles. The minimum Gasteiger partial charge on any atom is -0.410 e. The Labute approximate surface area is 118 Å². The van der Waals surface area contributed by atoms with E-state index in [0.29, 0.717) is 12.3 Å². The predicted molar refractivity (Wildman–Crippen MR) is 76.4 cm³/mol. The van der Waals surface area contributed by atoms with Gasteiger partial charge >= 0.3 is 6.09 Å². The largest absolute Gasteiger partial charge is 0.414 e. The third-order valence-corrected chi connectivity index (χ3v) is 3.21. The highest BCUT2D eigenvalue weighted by Gasteiger charge is 2.19. The lowest BCUT2D eigenvalue weighted by molar-refractivity contribution is -0.119. The van der Waals surface area contributed by atoms with E-state index in [0.717, 1.165) is 11.1 Å². The number of carbonyl (C=O) groups is 2. The molecule has 1 aromatic rings. The Kier molecular flexibility index (Phi) is 4.08. The maximum Gasteiger partial charge on any atom is 0.414 e. The molecule has 20 heavy (non-hydrogen) atoms. The van der Waals surface area contributed by atoms with Crippen molar-refractivity contribution in [1.82, 2.24) is 10.2 Å². The fourth-order valence-electron chi connectivity index (χ4n) is 1.99. The Balaban J connectivity index is 2.16. The lowest BCUT2D eigenvalue weighted by atomic mass is 10.1. The number of rotatable bonds is 3. The quantitative estimate of drug-likeness (QED) is 0.920. The Morgan fingerprint density at radius 3 is 2.80 bits per heavy atom. The second-order valence-electron chi connectivity index (χ2n) is 4.71. The van der Waals surface area contributed by atoms with Crippen molar-refractivity contribution in [2.24, 2.45) is 0 Å². The first-order chi connectivity index (χ1) is 9.51. The van der Waals surface area contributed by atoms with Crippen LogP contribution in [0.3, 0.4) is 0 Å². The molecule has 0 aliphatic heterocycles. The maximum atomic E-state index is 11.7. The van der Waals surface area contributed by atoms with Gasteiger partial charge in [-0.2, -0.15) is 0 Å². The SMILES string of the molecule is CCN(C)C(=O)Oc1ccc2c(c1)[C@H](NC(C)=O)C=C2. The van der Waals surface area contributed by atoms with Crippen molar-refractivity contribution < 1.29 is 14.3 Å². The van der Waals surface area contributed by atoms with Gasteiger partial charge in [0.05, 0.1) is 6.04 Å². The van der Waals surface area contributed by atoms with Crippen LogP contribution in [0, 0.1) is 0 Å². The molecule has 1 atom stereocenters. The average Bonchev–Trinajstić information content (AvgIpc) is 2.80. The van der Waals surface area contributed by atoms with Crippen LogP contribution in [0.2, 0.25) is 0 Å². The molecule has 1 aromatic carbocycles. The van der Waals surface area contributed by atoms with Gasteiger partial charge in [0, 0.05) is 20.5 Å². The molecular weight excluding hydrogens is 256 g/mol. The van der Waals surface area contributed by atoms with Crippen LogP contribution in [0.1, 0.15) is 31.0 Å². The fraction of sp³-hybridized carbons (Fsp3) is 0.333. The van der Waals surface area contributed by atoms with Gasteiger partial charge in [0.25, 0.3) is 0 Å². The van der Waals surface area contributed by atoms with E-state index in [-0.39, 0.29) is 11.9 Å². The normalized spacial score (nSPS) is 15.7. The molecule has 1 aliphatic rings. The molecule has 2 amide bonds. The van der Waals surface area contributed by atoms with E-state index in [1.54, 1.807) is 19.2 Å². The Hall–Kier alpha value is -2.30. The van der Waals surface area contributed by atoms with E-state index in [9.17, 15) is 9.59 Å². The summed E-state index contributed by atoms with van der Waals surface area (Å²) >= 11 is 0. The summed E-state index contributed by atoms with van der Waals surface area (Å²) in [5.41, 5.74) is 1.96. The summed E-state index contributed by atoms with van der Waals surface area (Å²) in [6, 6.07) is 5.25. The van der Waals surface area contributed by atoms with Crippen molar-refractivity contribution in [2.75, 3.05) is 13.6 Å². The number of benzene rings is 1. The smallest absolute Gasteiger partial charge is 0.410 e. The van der Waals surface area contributed by atoms with Crippen LogP contribution in [0.5, 0.6) is 5.75 Å². The first-order valence-electron chi connectivity index (χ1n) is 6.53. The standard InChI is InChI=1S/C15H18N2O3/c1-4-17(3)15(19)20-12-7-5-11-6-8-14(13(11)9-12)16-10(2)18/h5-9,14H,4H2,1-3H3,(H,16,18)/t14-/m1/s1. The van der Waals surface area contributed by atoms with Gasteiger partial charge in [-0.1, -0.05) is 18.2 Å². The third kappa shape index (κ3) is 2.99. The predicted octanol–water partition coefficient (Wildman–Crippen LogP) is 2.34. The molecular formula is C15H18N2O3. The second-order valence-corrected chi connectivity index (χ2v) is 4.71. The third-order valence-electron chi connectivity index (χ3n) is 3.21. The Morgan fingerprint density at radius 1 is 1.40 bits per heavy atom. The first kappa shape index (κ1) is 14.1. The van der Waals surface area contributed by atoms with E-state index < -0.39 is 6.09 Å². The number of carbonyl (C=O) groups excluding carboxylic acids is 2. The minimum absolute atomic E-state index is 0.0967. The number of fused-ring (bicyclic) bond motifs is 1. The highest BCUT2D eigenvalue weighted by atomic mass is 16.6. The lowest BCUT2D eigenvalue weighted by Gasteiger charge is -2.16. The Morgan fingerprint density at radius 2 is 2.15 bits per heavy atom. The van der Waals surface area contributed by atoms with E-state index >= 15 is 0 Å². The summed E-state index contributed by atoms with van der Waals surface area (Å²) in [7, 11) is 1.68. The summed E-state index contributed by atoms with van der Waals surface area (Å²) in [6.07, 6.45) is 3.46. The molecule has 0 saturated carbocycles. The molecule has 0 radical (unpaired) electrons. The topological polar surface area (TPSA) is 58.6 Å². The van der Waals surface area contributed by atoms with E-state index in [1.165, 1.54) is 11.8 Å². The Bertz CT molecular complexity index is 566. The van der Waals surface area contributed by atoms with E-state index in [4.69, 9.17) is 4.74 Å². The van der Waals surface area contributed by atoms with Gasteiger partial charge in [0.2, 0.25) is 5.91 Å². The van der Waals surface area contributed by atoms with Crippen LogP contribution in [0.4, 0.5) is 4.79 Å². The molecule has 0 aromatic heterocycles. The van der Waals surface area contributed by atoms with Crippen LogP contribution < -0.4 is 10.1 Å². The lowest BCUT2D eigenvalue weighted by Crippen LogP contribution is -2.29. The number of hydrogen-bond acceptors (Lipinski definition) is 3. The van der Waals surface area contributed by atoms with Crippen molar-refractivity contribution in [3.8, 4) is 5.75 Å². The monoisotopic (exact) mass is 274 g/mol. The van der Waals surface area contributed by atoms with Crippen LogP contribution in [0.15, 0.2) is 24.3 Å². The van der Waals surface area contributed by atoms with Crippen molar-refractivity contribution >= 4 is 18.1 Å². The zero-order valence-electron chi connectivity index (χ0n) is 11.8. The molecule has 0 unspecified atom stereocenters. The number of ether oxygens (including phenoxy) is 1. The van der Waals surface area contributed by atoms with Crippen LogP contribution in [-0.4, -0.2) is 30.5 Å². The van der Waals surface area contributed by atoms with Gasteiger partial charge in [-0.15, -0.1) is 0 Å². The van der Waals surface area contributed by atoms with Gasteiger partial charge in [0.15, 0.2) is 0 Å². The van der Waals surface area contributed by atoms with Gasteiger partial charge in [-0.25, -0.2) is 4.79 Å². The summed E-state index contributed by atoms with van der Waals surface area (Å²) in [6.45, 7) is 3.94. The van der Waals surface area contributed by atoms with Crippen molar-refractivity contribution in [1.29, 1.82) is 0 Å². The first-order valence-corrected chi connectivity index (χ1v) is 6.53. The number of hydrogen-bond donors (Lipinski definition) is 1. The molecule has 0 bridgehead atoms. The fourth-order valence-corrected chi connectivity index (χ4v) is 1.99. The molecule has 5 nitrogen and oxygen atoms in total. The average molecular weight is 274 g/mol. The van der Waals surface area contributed by atoms with Crippen LogP contribution in [0.25, 0.3) is 6.08 Å². The number of nitrogens with zero attached hydrogens (tertiary/aromatic N) is 1. The summed E-state index contributed by atoms with van der Waals surface area (Å²) in [4.78, 5) is 24.4. The molecule has 0 fully saturated rings. The molecule has 2 rings (SSSR count). The summed E-state index contributed by atoms with van der Waals surface area (Å²) < 4.78 is 5.29. The van der Waals surface area contributed by atoms with E-state index in [1.807, 2.05) is 25.1 Å². The molecule has 0 spiro atoms. The van der Waals surface area contributed by atoms with Gasteiger partial charge in [-0.05, 0) is 30.2 Å². The van der Waals surface area contributed by atoms with Crippen LogP contribution >= 0.6 is 0 Å². The maximum absolute atomic E-state index is 11.7. The van der Waals surface area contributed by atoms with Gasteiger partial charge < -0.3 is 15.0 Å². The number of nitrogens with one attached hydrogen (secondary N) is 1. The molecule has 0 heterocycles. The van der Waals surface area contributed by atoms with Gasteiger partial charge in [0.1, 0.15) is 5.75 Å². The minimum atomic E-state index is -0.394. The molecule has 0 saturated heterocycles. The second kappa shape index (κ2) is 5.77. The molecule has 106 valence electrons. The summed E-state index contributed by atoms with van der Waals surface area (Å²) in [5, 5.41) is 2.84. The summed E-state index contributed by atoms with van der Waals surface area (Å²) in [5.74, 6) is 0.383. The molecule has 5 heteroatoms. The van der Waals surface area contributed by atoms with Crippen molar-refractivity contribution in [3.63, 3.8) is 0 Å². The van der Waals surface area contributed by atoms with Crippen molar-refractivity contribution in [2.45, 2.75) is 19.9 Å². The van der Waals surface area contributed by atoms with E-state index in [2.05, 4.69) is 5.32 Å². The number of amides is 2. The zero-order chi connectivity index (χ0) is 14.7. The van der Waals surface area contributed by atoms with Gasteiger partial charge in [-0.3, -0.25) is 4.79 Å². The highest BCUT2D eigenvalue weighted by Crippen LogP contribution is 2.31. The molecule has 1 N–H and O–H groups in total. The van der Waals surface area contributed by atoms with Crippen molar-refractivity contribution in [3.05, 3.63) is 35.4 Å². The zero-order valence-corrected chi connectivity index (χ0v) is 11.8. The van der Waals surface area contributed by atoms with Crippen LogP contribution in [-0.2, 0) is 4.79 Å².